The predicted molar refractivity (Wildman–Crippen MR) is 138 cm³/mol. The van der Waals surface area contributed by atoms with E-state index in [1.165, 1.54) is 0 Å². The second-order valence-corrected chi connectivity index (χ2v) is 10.2. The molecule has 1 aliphatic rings. The maximum atomic E-state index is 9.84. The molecule has 3 aromatic heterocycles. The quantitative estimate of drug-likeness (QED) is 0.341. The number of aliphatic hydroxyl groups is 1. The number of rotatable bonds is 7. The van der Waals surface area contributed by atoms with Crippen LogP contribution in [-0.4, -0.2) is 37.7 Å². The van der Waals surface area contributed by atoms with Gasteiger partial charge in [0.25, 0.3) is 0 Å². The average Bonchev–Trinajstić information content (AvgIpc) is 3.39. The highest BCUT2D eigenvalue weighted by Gasteiger charge is 2.38. The Balaban J connectivity index is 1.51. The van der Waals surface area contributed by atoms with Crippen LogP contribution in [-0.2, 0) is 6.54 Å². The zero-order chi connectivity index (χ0) is 23.7. The van der Waals surface area contributed by atoms with Gasteiger partial charge in [-0.3, -0.25) is 4.98 Å². The van der Waals surface area contributed by atoms with E-state index in [0.29, 0.717) is 30.2 Å². The van der Waals surface area contributed by atoms with Gasteiger partial charge in [-0.2, -0.15) is 4.98 Å². The largest absolute Gasteiger partial charge is 0.396 e. The minimum Gasteiger partial charge on any atom is -0.396 e. The van der Waals surface area contributed by atoms with Gasteiger partial charge in [0.05, 0.1) is 21.5 Å². The fourth-order valence-electron chi connectivity index (χ4n) is 4.83. The van der Waals surface area contributed by atoms with Crippen LogP contribution in [0.15, 0.2) is 48.8 Å². The first-order valence-corrected chi connectivity index (χ1v) is 12.6. The molecular weight excluding hydrogens is 444 g/mol. The van der Waals surface area contributed by atoms with Crippen molar-refractivity contribution in [2.24, 2.45) is 17.8 Å². The van der Waals surface area contributed by atoms with Gasteiger partial charge in [-0.05, 0) is 54.9 Å². The molecule has 0 saturated heterocycles. The molecule has 0 bridgehead atoms. The molecule has 0 aliphatic heterocycles. The molecule has 34 heavy (non-hydrogen) atoms. The van der Waals surface area contributed by atoms with Crippen molar-refractivity contribution in [3.63, 3.8) is 0 Å². The zero-order valence-electron chi connectivity index (χ0n) is 19.7. The van der Waals surface area contributed by atoms with Crippen molar-refractivity contribution >= 4 is 33.3 Å². The Morgan fingerprint density at radius 1 is 1.06 bits per heavy atom. The van der Waals surface area contributed by atoms with Crippen molar-refractivity contribution in [1.82, 2.24) is 19.9 Å². The number of benzene rings is 1. The summed E-state index contributed by atoms with van der Waals surface area (Å²) < 4.78 is 1.14. The Morgan fingerprint density at radius 3 is 2.65 bits per heavy atom. The van der Waals surface area contributed by atoms with Crippen LogP contribution in [0.2, 0.25) is 0 Å². The third kappa shape index (κ3) is 4.48. The lowest BCUT2D eigenvalue weighted by atomic mass is 9.92. The van der Waals surface area contributed by atoms with E-state index < -0.39 is 0 Å². The first-order valence-electron chi connectivity index (χ1n) is 11.8. The van der Waals surface area contributed by atoms with E-state index in [9.17, 15) is 5.11 Å². The van der Waals surface area contributed by atoms with Gasteiger partial charge in [0.15, 0.2) is 0 Å². The van der Waals surface area contributed by atoms with E-state index in [2.05, 4.69) is 35.5 Å². The lowest BCUT2D eigenvalue weighted by Gasteiger charge is -2.22. The number of fused-ring (bicyclic) bond motifs is 1. The van der Waals surface area contributed by atoms with Crippen molar-refractivity contribution in [3.05, 3.63) is 60.0 Å². The summed E-state index contributed by atoms with van der Waals surface area (Å²) in [6.07, 6.45) is 4.52. The maximum absolute atomic E-state index is 9.84. The van der Waals surface area contributed by atoms with Crippen LogP contribution in [0, 0.1) is 24.7 Å². The van der Waals surface area contributed by atoms with Crippen molar-refractivity contribution in [2.45, 2.75) is 39.8 Å². The topological polar surface area (TPSA) is 95.9 Å². The van der Waals surface area contributed by atoms with Crippen LogP contribution in [0.3, 0.4) is 0 Å². The molecular formula is C26H30N6OS. The van der Waals surface area contributed by atoms with E-state index in [4.69, 9.17) is 15.0 Å². The second kappa shape index (κ2) is 9.64. The Bertz CT molecular complexity index is 1240. The van der Waals surface area contributed by atoms with Gasteiger partial charge in [0, 0.05) is 31.6 Å². The molecule has 4 unspecified atom stereocenters. The van der Waals surface area contributed by atoms with Crippen LogP contribution < -0.4 is 10.6 Å². The smallest absolute Gasteiger partial charge is 0.225 e. The lowest BCUT2D eigenvalue weighted by Crippen LogP contribution is -2.25. The SMILES string of the molecule is Cc1nc(NCc2cccnc2)nc(NC2CC(CO)C(C)C2C)c1-c1nc2ccccc2s1. The lowest BCUT2D eigenvalue weighted by molar-refractivity contribution is 0.191. The zero-order valence-corrected chi connectivity index (χ0v) is 20.5. The number of nitrogens with zero attached hydrogens (tertiary/aromatic N) is 4. The Morgan fingerprint density at radius 2 is 1.91 bits per heavy atom. The maximum Gasteiger partial charge on any atom is 0.225 e. The summed E-state index contributed by atoms with van der Waals surface area (Å²) >= 11 is 1.66. The molecule has 8 heteroatoms. The highest BCUT2D eigenvalue weighted by Crippen LogP contribution is 2.41. The van der Waals surface area contributed by atoms with Gasteiger partial charge in [0.1, 0.15) is 10.8 Å². The van der Waals surface area contributed by atoms with Gasteiger partial charge in [-0.1, -0.05) is 32.0 Å². The minimum atomic E-state index is 0.217. The minimum absolute atomic E-state index is 0.217. The Hall–Kier alpha value is -3.10. The highest BCUT2D eigenvalue weighted by molar-refractivity contribution is 7.21. The van der Waals surface area contributed by atoms with Crippen molar-refractivity contribution in [1.29, 1.82) is 0 Å². The van der Waals surface area contributed by atoms with E-state index in [1.54, 1.807) is 17.5 Å². The molecule has 0 radical (unpaired) electrons. The van der Waals surface area contributed by atoms with E-state index >= 15 is 0 Å². The van der Waals surface area contributed by atoms with E-state index in [1.807, 2.05) is 43.5 Å². The summed E-state index contributed by atoms with van der Waals surface area (Å²) in [7, 11) is 0. The highest BCUT2D eigenvalue weighted by atomic mass is 32.1. The van der Waals surface area contributed by atoms with Gasteiger partial charge >= 0.3 is 0 Å². The summed E-state index contributed by atoms with van der Waals surface area (Å²) in [6.45, 7) is 7.31. The molecule has 3 heterocycles. The fraction of sp³-hybridized carbons (Fsp3) is 0.385. The molecule has 3 N–H and O–H groups in total. The molecule has 176 valence electrons. The molecule has 1 saturated carbocycles. The summed E-state index contributed by atoms with van der Waals surface area (Å²) in [5.41, 5.74) is 3.87. The summed E-state index contributed by atoms with van der Waals surface area (Å²) in [6, 6.07) is 12.3. The fourth-order valence-corrected chi connectivity index (χ4v) is 5.90. The van der Waals surface area contributed by atoms with Gasteiger partial charge in [-0.15, -0.1) is 11.3 Å². The molecule has 1 aliphatic carbocycles. The molecule has 4 atom stereocenters. The number of aliphatic hydroxyl groups excluding tert-OH is 1. The molecule has 5 rings (SSSR count). The summed E-state index contributed by atoms with van der Waals surface area (Å²) in [5, 5.41) is 17.8. The Kier molecular flexibility index (Phi) is 6.43. The number of aryl methyl sites for hydroxylation is 1. The Labute approximate surface area is 203 Å². The van der Waals surface area contributed by atoms with Crippen molar-refractivity contribution in [3.8, 4) is 10.6 Å². The third-order valence-corrected chi connectivity index (χ3v) is 8.15. The van der Waals surface area contributed by atoms with E-state index in [0.717, 1.165) is 44.3 Å². The molecule has 0 spiro atoms. The van der Waals surface area contributed by atoms with Gasteiger partial charge < -0.3 is 15.7 Å². The molecule has 4 aromatic rings. The number of thiazole rings is 1. The van der Waals surface area contributed by atoms with Gasteiger partial charge in [0.2, 0.25) is 5.95 Å². The number of hydrogen-bond acceptors (Lipinski definition) is 8. The molecule has 0 amide bonds. The van der Waals surface area contributed by atoms with Crippen LogP contribution in [0.25, 0.3) is 20.8 Å². The standard InChI is InChI=1S/C26H30N6OS/c1-15-16(2)21(11-19(15)14-33)30-24-23(25-31-20-8-4-5-9-22(20)34-25)17(3)29-26(32-24)28-13-18-7-6-10-27-12-18/h4-10,12,15-16,19,21,33H,11,13-14H2,1-3H3,(H2,28,29,30,32). The first-order chi connectivity index (χ1) is 16.5. The van der Waals surface area contributed by atoms with Crippen LogP contribution >= 0.6 is 11.3 Å². The number of pyridine rings is 1. The van der Waals surface area contributed by atoms with Crippen molar-refractivity contribution < 1.29 is 5.11 Å². The normalized spacial score (nSPS) is 22.2. The van der Waals surface area contributed by atoms with Crippen LogP contribution in [0.4, 0.5) is 11.8 Å². The third-order valence-electron chi connectivity index (χ3n) is 7.09. The molecule has 1 aromatic carbocycles. The van der Waals surface area contributed by atoms with Gasteiger partial charge in [-0.25, -0.2) is 9.97 Å². The van der Waals surface area contributed by atoms with E-state index in [-0.39, 0.29) is 12.6 Å². The number of aromatic nitrogens is 4. The monoisotopic (exact) mass is 474 g/mol. The average molecular weight is 475 g/mol. The summed E-state index contributed by atoms with van der Waals surface area (Å²) in [5.74, 6) is 2.53. The number of anilines is 2. The predicted octanol–water partition coefficient (Wildman–Crippen LogP) is 5.13. The molecule has 1 fully saturated rings. The van der Waals surface area contributed by atoms with Crippen molar-refractivity contribution in [2.75, 3.05) is 17.2 Å². The molecule has 7 nitrogen and oxygen atoms in total. The number of nitrogens with one attached hydrogen (secondary N) is 2. The number of para-hydroxylation sites is 1. The second-order valence-electron chi connectivity index (χ2n) is 9.21. The van der Waals surface area contributed by atoms with Crippen LogP contribution in [0.5, 0.6) is 0 Å². The summed E-state index contributed by atoms with van der Waals surface area (Å²) in [4.78, 5) is 18.8. The number of hydrogen-bond donors (Lipinski definition) is 3. The first kappa shape index (κ1) is 22.7. The van der Waals surface area contributed by atoms with Crippen LogP contribution in [0.1, 0.15) is 31.5 Å².